The lowest BCUT2D eigenvalue weighted by molar-refractivity contribution is -0.136. The fourth-order valence-corrected chi connectivity index (χ4v) is 3.07. The molecule has 0 amide bonds. The number of halogens is 2. The topological polar surface area (TPSA) is 57.1 Å². The van der Waals surface area contributed by atoms with Crippen LogP contribution >= 0.6 is 15.9 Å². The van der Waals surface area contributed by atoms with Gasteiger partial charge < -0.3 is 14.3 Å². The van der Waals surface area contributed by atoms with Crippen molar-refractivity contribution in [3.05, 3.63) is 63.4 Å². The van der Waals surface area contributed by atoms with E-state index in [0.717, 1.165) is 11.1 Å². The van der Waals surface area contributed by atoms with Crippen molar-refractivity contribution in [1.82, 2.24) is 0 Å². The zero-order valence-electron chi connectivity index (χ0n) is 14.8. The van der Waals surface area contributed by atoms with Crippen LogP contribution in [0.2, 0.25) is 0 Å². The Hall–Kier alpha value is -2.67. The third-order valence-electron chi connectivity index (χ3n) is 3.81. The van der Waals surface area contributed by atoms with Crippen LogP contribution in [0.3, 0.4) is 0 Å². The molecule has 0 fully saturated rings. The lowest BCUT2D eigenvalue weighted by Crippen LogP contribution is -2.03. The van der Waals surface area contributed by atoms with Crippen LogP contribution < -0.4 is 9.47 Å². The van der Waals surface area contributed by atoms with Crippen LogP contribution in [-0.2, 0) is 16.2 Å². The molecule has 140 valence electrons. The second-order valence-electron chi connectivity index (χ2n) is 5.79. The zero-order valence-corrected chi connectivity index (χ0v) is 16.4. The monoisotopic (exact) mass is 433 g/mol. The van der Waals surface area contributed by atoms with Gasteiger partial charge in [0.15, 0.2) is 11.5 Å². The Morgan fingerprint density at radius 3 is 2.59 bits per heavy atom. The van der Waals surface area contributed by atoms with Crippen molar-refractivity contribution < 1.29 is 23.5 Å². The van der Waals surface area contributed by atoms with Gasteiger partial charge in [-0.15, -0.1) is 0 Å². The Morgan fingerprint density at radius 1 is 1.22 bits per heavy atom. The predicted octanol–water partition coefficient (Wildman–Crippen LogP) is 4.88. The number of nitrogens with zero attached hydrogens (tertiary/aromatic N) is 1. The highest BCUT2D eigenvalue weighted by Crippen LogP contribution is 2.38. The third kappa shape index (κ3) is 4.54. The van der Waals surface area contributed by atoms with E-state index in [1.165, 1.54) is 12.1 Å². The van der Waals surface area contributed by atoms with Crippen LogP contribution in [0.5, 0.6) is 11.5 Å². The molecular formula is C20H17BrFNO4. The summed E-state index contributed by atoms with van der Waals surface area (Å²) in [4.78, 5) is 16.4. The summed E-state index contributed by atoms with van der Waals surface area (Å²) in [6, 6.07) is 9.69. The summed E-state index contributed by atoms with van der Waals surface area (Å²) in [7, 11) is 0. The van der Waals surface area contributed by atoms with Gasteiger partial charge >= 0.3 is 5.97 Å². The van der Waals surface area contributed by atoms with E-state index in [-0.39, 0.29) is 12.4 Å². The number of rotatable bonds is 6. The number of carbonyl (C=O) groups is 1. The summed E-state index contributed by atoms with van der Waals surface area (Å²) in [6.45, 7) is 4.28. The molecule has 0 aromatic heterocycles. The van der Waals surface area contributed by atoms with Gasteiger partial charge in [-0.2, -0.15) is 0 Å². The summed E-state index contributed by atoms with van der Waals surface area (Å²) < 4.78 is 25.3. The van der Waals surface area contributed by atoms with Crippen molar-refractivity contribution in [1.29, 1.82) is 0 Å². The summed E-state index contributed by atoms with van der Waals surface area (Å²) in [5.41, 5.74) is 2.48. The summed E-state index contributed by atoms with van der Waals surface area (Å²) in [5, 5.41) is 3.67. The molecule has 1 heterocycles. The fraction of sp³-hybridized carbons (Fsp3) is 0.200. The molecule has 27 heavy (non-hydrogen) atoms. The molecule has 0 spiro atoms. The molecule has 2 aromatic carbocycles. The van der Waals surface area contributed by atoms with Crippen LogP contribution in [-0.4, -0.2) is 18.3 Å². The standard InChI is InChI=1S/C20H17BrFNO4/c1-3-25-18-10-14(8-16-12(2)23-27-20(16)24)9-17(21)19(18)26-11-13-4-6-15(22)7-5-13/h4-10H,3,11H2,1-2H3. The molecule has 0 saturated carbocycles. The van der Waals surface area contributed by atoms with Gasteiger partial charge in [0.05, 0.1) is 22.4 Å². The van der Waals surface area contributed by atoms with Crippen LogP contribution in [0.25, 0.3) is 6.08 Å². The van der Waals surface area contributed by atoms with Crippen molar-refractivity contribution in [2.24, 2.45) is 5.16 Å². The predicted molar refractivity (Wildman–Crippen MR) is 103 cm³/mol. The average molecular weight is 434 g/mol. The third-order valence-corrected chi connectivity index (χ3v) is 4.40. The van der Waals surface area contributed by atoms with E-state index in [2.05, 4.69) is 25.9 Å². The number of hydrogen-bond donors (Lipinski definition) is 0. The molecule has 7 heteroatoms. The fourth-order valence-electron chi connectivity index (χ4n) is 2.50. The van der Waals surface area contributed by atoms with E-state index in [1.54, 1.807) is 31.2 Å². The zero-order chi connectivity index (χ0) is 19.4. The number of hydrogen-bond acceptors (Lipinski definition) is 5. The minimum absolute atomic E-state index is 0.261. The van der Waals surface area contributed by atoms with Crippen molar-refractivity contribution in [3.63, 3.8) is 0 Å². The highest BCUT2D eigenvalue weighted by atomic mass is 79.9. The van der Waals surface area contributed by atoms with Crippen molar-refractivity contribution in [3.8, 4) is 11.5 Å². The smallest absolute Gasteiger partial charge is 0.367 e. The van der Waals surface area contributed by atoms with Gasteiger partial charge in [0.25, 0.3) is 0 Å². The molecule has 2 aromatic rings. The Bertz CT molecular complexity index is 922. The van der Waals surface area contributed by atoms with Crippen LogP contribution in [0.1, 0.15) is 25.0 Å². The Kier molecular flexibility index (Phi) is 5.91. The first-order valence-corrected chi connectivity index (χ1v) is 9.09. The largest absolute Gasteiger partial charge is 0.490 e. The van der Waals surface area contributed by atoms with E-state index in [1.807, 2.05) is 13.0 Å². The van der Waals surface area contributed by atoms with Crippen LogP contribution in [0.15, 0.2) is 51.6 Å². The number of oxime groups is 1. The number of carbonyl (C=O) groups excluding carboxylic acids is 1. The van der Waals surface area contributed by atoms with Gasteiger partial charge in [0, 0.05) is 0 Å². The quantitative estimate of drug-likeness (QED) is 0.480. The first kappa shape index (κ1) is 19.1. The molecule has 0 aliphatic carbocycles. The minimum atomic E-state index is -0.488. The van der Waals surface area contributed by atoms with Gasteiger partial charge in [-0.25, -0.2) is 9.18 Å². The lowest BCUT2D eigenvalue weighted by atomic mass is 10.1. The second kappa shape index (κ2) is 8.35. The summed E-state index contributed by atoms with van der Waals surface area (Å²) >= 11 is 3.49. The Labute approximate surface area is 164 Å². The van der Waals surface area contributed by atoms with Crippen molar-refractivity contribution >= 4 is 33.7 Å². The van der Waals surface area contributed by atoms with Gasteiger partial charge in [-0.05, 0) is 71.2 Å². The summed E-state index contributed by atoms with van der Waals surface area (Å²) in [6.07, 6.45) is 1.69. The SMILES string of the molecule is CCOc1cc(C=C2C(=O)ON=C2C)cc(Br)c1OCc1ccc(F)cc1. The van der Waals surface area contributed by atoms with E-state index in [0.29, 0.717) is 33.9 Å². The van der Waals surface area contributed by atoms with Crippen molar-refractivity contribution in [2.45, 2.75) is 20.5 Å². The lowest BCUT2D eigenvalue weighted by Gasteiger charge is -2.15. The molecule has 1 aliphatic heterocycles. The average Bonchev–Trinajstić information content (AvgIpc) is 2.95. The van der Waals surface area contributed by atoms with Gasteiger partial charge in [0.1, 0.15) is 12.4 Å². The maximum Gasteiger partial charge on any atom is 0.367 e. The van der Waals surface area contributed by atoms with E-state index >= 15 is 0 Å². The van der Waals surface area contributed by atoms with Crippen LogP contribution in [0, 0.1) is 5.82 Å². The van der Waals surface area contributed by atoms with E-state index < -0.39 is 5.97 Å². The number of ether oxygens (including phenoxy) is 2. The highest BCUT2D eigenvalue weighted by molar-refractivity contribution is 9.10. The minimum Gasteiger partial charge on any atom is -0.490 e. The molecule has 0 radical (unpaired) electrons. The van der Waals surface area contributed by atoms with E-state index in [4.69, 9.17) is 9.47 Å². The van der Waals surface area contributed by atoms with E-state index in [9.17, 15) is 9.18 Å². The second-order valence-corrected chi connectivity index (χ2v) is 6.65. The summed E-state index contributed by atoms with van der Waals surface area (Å²) in [5.74, 6) is 0.277. The highest BCUT2D eigenvalue weighted by Gasteiger charge is 2.22. The Balaban J connectivity index is 1.88. The molecular weight excluding hydrogens is 417 g/mol. The van der Waals surface area contributed by atoms with Gasteiger partial charge in [0.2, 0.25) is 0 Å². The molecule has 3 rings (SSSR count). The molecule has 0 bridgehead atoms. The first-order valence-electron chi connectivity index (χ1n) is 8.29. The molecule has 0 atom stereocenters. The molecule has 0 saturated heterocycles. The molecule has 0 N–H and O–H groups in total. The first-order chi connectivity index (χ1) is 13.0. The van der Waals surface area contributed by atoms with Gasteiger partial charge in [-0.3, -0.25) is 0 Å². The molecule has 5 nitrogen and oxygen atoms in total. The Morgan fingerprint density at radius 2 is 1.96 bits per heavy atom. The van der Waals surface area contributed by atoms with Gasteiger partial charge in [-0.1, -0.05) is 17.3 Å². The maximum atomic E-state index is 13.0. The molecule has 1 aliphatic rings. The van der Waals surface area contributed by atoms with Crippen molar-refractivity contribution in [2.75, 3.05) is 6.61 Å². The normalized spacial score (nSPS) is 14.9. The maximum absolute atomic E-state index is 13.0. The number of benzene rings is 2. The molecule has 0 unspecified atom stereocenters. The van der Waals surface area contributed by atoms with Crippen LogP contribution in [0.4, 0.5) is 4.39 Å².